The van der Waals surface area contributed by atoms with Crippen LogP contribution in [-0.4, -0.2) is 40.4 Å². The average molecular weight is 449 g/mol. The van der Waals surface area contributed by atoms with Gasteiger partial charge in [0.1, 0.15) is 12.4 Å². The van der Waals surface area contributed by atoms with Gasteiger partial charge in [0.25, 0.3) is 0 Å². The van der Waals surface area contributed by atoms with Crippen LogP contribution in [0.2, 0.25) is 5.02 Å². The number of anilines is 1. The van der Waals surface area contributed by atoms with Crippen LogP contribution < -0.4 is 10.2 Å². The fraction of sp³-hybridized carbons (Fsp3) is 0.500. The predicted octanol–water partition coefficient (Wildman–Crippen LogP) is 4.07. The molecule has 1 atom stereocenters. The molecule has 1 aromatic heterocycles. The zero-order valence-corrected chi connectivity index (χ0v) is 19.7. The van der Waals surface area contributed by atoms with Gasteiger partial charge in [0.15, 0.2) is 0 Å². The largest absolute Gasteiger partial charge is 0.355 e. The van der Waals surface area contributed by atoms with Crippen molar-refractivity contribution in [1.29, 1.82) is 0 Å². The van der Waals surface area contributed by atoms with Crippen LogP contribution in [0.3, 0.4) is 0 Å². The minimum absolute atomic E-state index is 0.0231. The molecular formula is C22H29ClN4O2S. The first-order chi connectivity index (χ1) is 14.1. The molecule has 1 aliphatic heterocycles. The number of carbonyl (C=O) groups is 2. The lowest BCUT2D eigenvalue weighted by molar-refractivity contribution is -0.122. The van der Waals surface area contributed by atoms with E-state index in [1.807, 2.05) is 38.2 Å². The van der Waals surface area contributed by atoms with Crippen LogP contribution in [0.4, 0.5) is 5.82 Å². The molecule has 6 nitrogen and oxygen atoms in total. The van der Waals surface area contributed by atoms with Crippen LogP contribution >= 0.6 is 23.4 Å². The highest BCUT2D eigenvalue weighted by molar-refractivity contribution is 8.00. The zero-order chi connectivity index (χ0) is 22.1. The van der Waals surface area contributed by atoms with Crippen LogP contribution in [0.1, 0.15) is 56.2 Å². The van der Waals surface area contributed by atoms with Gasteiger partial charge in [-0.3, -0.25) is 19.2 Å². The van der Waals surface area contributed by atoms with Crippen molar-refractivity contribution in [3.05, 3.63) is 46.1 Å². The third kappa shape index (κ3) is 4.52. The van der Waals surface area contributed by atoms with Crippen LogP contribution in [0.15, 0.2) is 24.3 Å². The molecule has 1 N–H and O–H groups in total. The maximum absolute atomic E-state index is 13.1. The number of rotatable bonds is 5. The van der Waals surface area contributed by atoms with Gasteiger partial charge in [-0.25, -0.2) is 0 Å². The summed E-state index contributed by atoms with van der Waals surface area (Å²) in [5.74, 6) is 0.656. The summed E-state index contributed by atoms with van der Waals surface area (Å²) in [4.78, 5) is 27.2. The van der Waals surface area contributed by atoms with E-state index in [0.717, 1.165) is 23.2 Å². The monoisotopic (exact) mass is 448 g/mol. The molecule has 30 heavy (non-hydrogen) atoms. The van der Waals surface area contributed by atoms with E-state index < -0.39 is 0 Å². The first-order valence-corrected chi connectivity index (χ1v) is 11.6. The van der Waals surface area contributed by atoms with Gasteiger partial charge in [-0.15, -0.1) is 11.8 Å². The van der Waals surface area contributed by atoms with E-state index in [9.17, 15) is 9.59 Å². The van der Waals surface area contributed by atoms with Gasteiger partial charge in [-0.05, 0) is 18.1 Å². The van der Waals surface area contributed by atoms with Crippen molar-refractivity contribution in [3.63, 3.8) is 0 Å². The highest BCUT2D eigenvalue weighted by Crippen LogP contribution is 2.48. The second-order valence-electron chi connectivity index (χ2n) is 8.50. The van der Waals surface area contributed by atoms with Crippen molar-refractivity contribution < 1.29 is 9.59 Å². The van der Waals surface area contributed by atoms with E-state index in [0.29, 0.717) is 17.4 Å². The molecule has 0 saturated heterocycles. The molecule has 3 rings (SSSR count). The Bertz CT molecular complexity index is 951. The summed E-state index contributed by atoms with van der Waals surface area (Å²) >= 11 is 8.10. The molecule has 2 aromatic rings. The third-order valence-electron chi connectivity index (χ3n) is 5.02. The molecule has 2 amide bonds. The predicted molar refractivity (Wildman–Crippen MR) is 123 cm³/mol. The number of benzene rings is 1. The lowest BCUT2D eigenvalue weighted by atomic mass is 9.87. The molecule has 0 radical (unpaired) electrons. The molecule has 0 saturated carbocycles. The zero-order valence-electron chi connectivity index (χ0n) is 18.2. The number of amides is 2. The summed E-state index contributed by atoms with van der Waals surface area (Å²) in [5, 5.41) is 8.18. The van der Waals surface area contributed by atoms with E-state index in [1.165, 1.54) is 11.8 Å². The maximum atomic E-state index is 13.1. The first-order valence-electron chi connectivity index (χ1n) is 10.2. The van der Waals surface area contributed by atoms with Crippen molar-refractivity contribution in [1.82, 2.24) is 15.1 Å². The van der Waals surface area contributed by atoms with Gasteiger partial charge >= 0.3 is 0 Å². The lowest BCUT2D eigenvalue weighted by Gasteiger charge is -2.24. The number of aromatic nitrogens is 2. The number of carbonyl (C=O) groups excluding carboxylic acids is 2. The molecule has 8 heteroatoms. The van der Waals surface area contributed by atoms with Crippen molar-refractivity contribution in [2.24, 2.45) is 7.05 Å². The first kappa shape index (κ1) is 22.7. The maximum Gasteiger partial charge on any atom is 0.240 e. The van der Waals surface area contributed by atoms with E-state index in [2.05, 4.69) is 26.1 Å². The van der Waals surface area contributed by atoms with Gasteiger partial charge in [0, 0.05) is 29.6 Å². The van der Waals surface area contributed by atoms with E-state index >= 15 is 0 Å². The number of halogens is 1. The van der Waals surface area contributed by atoms with Crippen molar-refractivity contribution >= 4 is 41.0 Å². The van der Waals surface area contributed by atoms with E-state index in [1.54, 1.807) is 9.58 Å². The summed E-state index contributed by atoms with van der Waals surface area (Å²) in [6.45, 7) is 8.88. The summed E-state index contributed by atoms with van der Waals surface area (Å²) in [5.41, 5.74) is 2.58. The number of fused-ring (bicyclic) bond motifs is 1. The normalized spacial score (nSPS) is 16.9. The SMILES string of the molecule is CCCNC(=O)CN1C(=O)CS[C@H](c2ccccc2Cl)c2c(C(C)(C)C)nn(C)c21. The number of hydrogen-bond acceptors (Lipinski definition) is 4. The average Bonchev–Trinajstić information content (AvgIpc) is 2.96. The van der Waals surface area contributed by atoms with Gasteiger partial charge in [-0.1, -0.05) is 57.5 Å². The van der Waals surface area contributed by atoms with Gasteiger partial charge in [-0.2, -0.15) is 5.10 Å². The van der Waals surface area contributed by atoms with E-state index in [4.69, 9.17) is 16.7 Å². The molecule has 0 spiro atoms. The number of nitrogens with zero attached hydrogens (tertiary/aromatic N) is 3. The lowest BCUT2D eigenvalue weighted by Crippen LogP contribution is -2.42. The van der Waals surface area contributed by atoms with Gasteiger partial charge < -0.3 is 5.32 Å². The highest BCUT2D eigenvalue weighted by atomic mass is 35.5. The molecular weight excluding hydrogens is 420 g/mol. The van der Waals surface area contributed by atoms with Gasteiger partial charge in [0.05, 0.1) is 16.7 Å². The van der Waals surface area contributed by atoms with Gasteiger partial charge in [0.2, 0.25) is 11.8 Å². The van der Waals surface area contributed by atoms with Crippen molar-refractivity contribution in [2.45, 2.75) is 44.8 Å². The van der Waals surface area contributed by atoms with E-state index in [-0.39, 0.29) is 34.8 Å². The van der Waals surface area contributed by atoms with Crippen molar-refractivity contribution in [2.75, 3.05) is 23.7 Å². The van der Waals surface area contributed by atoms with Crippen LogP contribution in [0.25, 0.3) is 0 Å². The fourth-order valence-corrected chi connectivity index (χ4v) is 5.18. The number of aryl methyl sites for hydroxylation is 1. The van der Waals surface area contributed by atoms with Crippen LogP contribution in [-0.2, 0) is 22.1 Å². The molecule has 0 aliphatic carbocycles. The topological polar surface area (TPSA) is 67.2 Å². The Kier molecular flexibility index (Phi) is 6.82. The highest BCUT2D eigenvalue weighted by Gasteiger charge is 2.39. The minimum atomic E-state index is -0.241. The molecule has 2 heterocycles. The number of thioether (sulfide) groups is 1. The Morgan fingerprint density at radius 2 is 2.03 bits per heavy atom. The molecule has 1 aliphatic rings. The third-order valence-corrected chi connectivity index (χ3v) is 6.60. The standard InChI is InChI=1S/C22H29ClN4O2S/c1-6-11-24-16(28)12-27-17(29)13-30-19(14-9-7-8-10-15(14)23)18-20(22(2,3)4)25-26(5)21(18)27/h7-10,19H,6,11-13H2,1-5H3,(H,24,28)/t19-/m1/s1. The Morgan fingerprint density at radius 3 is 2.67 bits per heavy atom. The second-order valence-corrected chi connectivity index (χ2v) is 10.0. The smallest absolute Gasteiger partial charge is 0.240 e. The Labute approximate surface area is 187 Å². The molecule has 0 bridgehead atoms. The van der Waals surface area contributed by atoms with Crippen molar-refractivity contribution in [3.8, 4) is 0 Å². The molecule has 0 fully saturated rings. The molecule has 162 valence electrons. The molecule has 1 aromatic carbocycles. The van der Waals surface area contributed by atoms with Crippen LogP contribution in [0.5, 0.6) is 0 Å². The summed E-state index contributed by atoms with van der Waals surface area (Å²) in [7, 11) is 1.83. The summed E-state index contributed by atoms with van der Waals surface area (Å²) in [6.07, 6.45) is 0.843. The Hall–Kier alpha value is -1.99. The fourth-order valence-electron chi connectivity index (χ4n) is 3.64. The number of hydrogen-bond donors (Lipinski definition) is 1. The second kappa shape index (κ2) is 9.02. The number of nitrogens with one attached hydrogen (secondary N) is 1. The van der Waals surface area contributed by atoms with Crippen LogP contribution in [0, 0.1) is 0 Å². The quantitative estimate of drug-likeness (QED) is 0.748. The Balaban J connectivity index is 2.17. The Morgan fingerprint density at radius 1 is 1.33 bits per heavy atom. The summed E-state index contributed by atoms with van der Waals surface area (Å²) in [6, 6.07) is 7.72. The molecule has 0 unspecified atom stereocenters. The minimum Gasteiger partial charge on any atom is -0.355 e. The summed E-state index contributed by atoms with van der Waals surface area (Å²) < 4.78 is 1.73.